The molecular formula is C46H70O12Si. The van der Waals surface area contributed by atoms with Crippen LogP contribution in [0.5, 0.6) is 0 Å². The van der Waals surface area contributed by atoms with Crippen molar-refractivity contribution in [2.75, 3.05) is 26.4 Å². The fourth-order valence-corrected chi connectivity index (χ4v) is 15.2. The average molecular weight is 843 g/mol. The van der Waals surface area contributed by atoms with E-state index in [1.807, 2.05) is 88.4 Å². The van der Waals surface area contributed by atoms with Crippen molar-refractivity contribution in [3.05, 3.63) is 71.8 Å². The third kappa shape index (κ3) is 10.0. The third-order valence-corrected chi connectivity index (χ3v) is 18.8. The van der Waals surface area contributed by atoms with Gasteiger partial charge in [0.15, 0.2) is 24.0 Å². The summed E-state index contributed by atoms with van der Waals surface area (Å²) in [6.07, 6.45) is -4.94. The van der Waals surface area contributed by atoms with Crippen LogP contribution >= 0.6 is 0 Å². The lowest BCUT2D eigenvalue weighted by atomic mass is 9.86. The second kappa shape index (κ2) is 19.0. The molecule has 4 aliphatic heterocycles. The number of rotatable bonds is 17. The van der Waals surface area contributed by atoms with Crippen LogP contribution in [0.4, 0.5) is 0 Å². The summed E-state index contributed by atoms with van der Waals surface area (Å²) < 4.78 is 73.4. The number of esters is 1. The summed E-state index contributed by atoms with van der Waals surface area (Å²) in [6, 6.07) is 19.8. The highest BCUT2D eigenvalue weighted by atomic mass is 28.4. The summed E-state index contributed by atoms with van der Waals surface area (Å²) in [4.78, 5) is 12.8. The van der Waals surface area contributed by atoms with Crippen LogP contribution in [0.3, 0.4) is 0 Å². The molecule has 4 fully saturated rings. The van der Waals surface area contributed by atoms with E-state index in [-0.39, 0.29) is 32.3 Å². The lowest BCUT2D eigenvalue weighted by Gasteiger charge is -2.50. The highest BCUT2D eigenvalue weighted by molar-refractivity contribution is 6.77. The Bertz CT molecular complexity index is 1620. The van der Waals surface area contributed by atoms with Crippen LogP contribution in [-0.2, 0) is 69.8 Å². The molecule has 4 heterocycles. The van der Waals surface area contributed by atoms with E-state index >= 15 is 0 Å². The minimum Gasteiger partial charge on any atom is -0.451 e. The van der Waals surface area contributed by atoms with Crippen molar-refractivity contribution in [1.82, 2.24) is 0 Å². The smallest absolute Gasteiger partial charge is 0.303 e. The Morgan fingerprint density at radius 2 is 1.37 bits per heavy atom. The highest BCUT2D eigenvalue weighted by Gasteiger charge is 2.62. The van der Waals surface area contributed by atoms with Gasteiger partial charge in [-0.3, -0.25) is 4.79 Å². The highest BCUT2D eigenvalue weighted by Crippen LogP contribution is 2.48. The van der Waals surface area contributed by atoms with Crippen LogP contribution in [0.1, 0.15) is 94.2 Å². The molecule has 11 atom stereocenters. The van der Waals surface area contributed by atoms with E-state index in [1.54, 1.807) is 0 Å². The van der Waals surface area contributed by atoms with Crippen molar-refractivity contribution in [1.29, 1.82) is 0 Å². The first-order chi connectivity index (χ1) is 27.9. The number of hydrogen-bond acceptors (Lipinski definition) is 12. The number of fused-ring (bicyclic) bond motifs is 1. The predicted octanol–water partition coefficient (Wildman–Crippen LogP) is 8.10. The van der Waals surface area contributed by atoms with Crippen LogP contribution in [0.15, 0.2) is 60.7 Å². The Hall–Kier alpha value is -2.27. The molecule has 0 N–H and O–H groups in total. The lowest BCUT2D eigenvalue weighted by molar-refractivity contribution is -0.340. The Labute approximate surface area is 353 Å². The van der Waals surface area contributed by atoms with Crippen LogP contribution in [-0.4, -0.2) is 107 Å². The SMILES string of the molecule is CC(=O)O[C@@]1(COCc2ccccc2)COCC1(C)OC1[C@H](C)CO[C@@H](O[C@H]2C(C)O[C@@H](O[Si](C(C)C)(C(C)C)C(C)C)[C@H]3OC(C)(C)OC23)[C@@H]1OCc1ccccc1. The normalized spacial score (nSPS) is 34.7. The zero-order valence-corrected chi connectivity index (χ0v) is 38.3. The Morgan fingerprint density at radius 3 is 1.97 bits per heavy atom. The molecule has 12 nitrogen and oxygen atoms in total. The molecular weight excluding hydrogens is 773 g/mol. The maximum absolute atomic E-state index is 12.8. The van der Waals surface area contributed by atoms with Gasteiger partial charge in [-0.2, -0.15) is 0 Å². The zero-order chi connectivity index (χ0) is 42.8. The van der Waals surface area contributed by atoms with Gasteiger partial charge in [-0.1, -0.05) is 109 Å². The minimum absolute atomic E-state index is 0.0654. The molecule has 59 heavy (non-hydrogen) atoms. The summed E-state index contributed by atoms with van der Waals surface area (Å²) in [7, 11) is -2.37. The molecule has 6 rings (SSSR count). The quantitative estimate of drug-likeness (QED) is 0.113. The van der Waals surface area contributed by atoms with Crippen LogP contribution < -0.4 is 0 Å². The Morgan fingerprint density at radius 1 is 0.780 bits per heavy atom. The molecule has 330 valence electrons. The second-order valence-corrected chi connectivity index (χ2v) is 24.0. The summed E-state index contributed by atoms with van der Waals surface area (Å²) in [5, 5.41) is 0. The third-order valence-electron chi connectivity index (χ3n) is 12.7. The number of benzene rings is 2. The van der Waals surface area contributed by atoms with Gasteiger partial charge >= 0.3 is 5.97 Å². The van der Waals surface area contributed by atoms with Crippen molar-refractivity contribution < 1.29 is 56.6 Å². The molecule has 0 radical (unpaired) electrons. The fraction of sp³-hybridized carbons (Fsp3) is 0.717. The molecule has 0 saturated carbocycles. The first-order valence-corrected chi connectivity index (χ1v) is 23.7. The monoisotopic (exact) mass is 842 g/mol. The maximum Gasteiger partial charge on any atom is 0.303 e. The lowest BCUT2D eigenvalue weighted by Crippen LogP contribution is -2.65. The molecule has 0 bridgehead atoms. The number of carbonyl (C=O) groups is 1. The van der Waals surface area contributed by atoms with Gasteiger partial charge < -0.3 is 51.8 Å². The molecule has 4 saturated heterocycles. The van der Waals surface area contributed by atoms with E-state index in [4.69, 9.17) is 51.8 Å². The average Bonchev–Trinajstić information content (AvgIpc) is 3.67. The predicted molar refractivity (Wildman–Crippen MR) is 224 cm³/mol. The van der Waals surface area contributed by atoms with Gasteiger partial charge in [0.25, 0.3) is 0 Å². The van der Waals surface area contributed by atoms with Gasteiger partial charge in [-0.15, -0.1) is 0 Å². The minimum atomic E-state index is -2.37. The number of ether oxygens (including phenoxy) is 10. The largest absolute Gasteiger partial charge is 0.451 e. The second-order valence-electron chi connectivity index (χ2n) is 18.6. The van der Waals surface area contributed by atoms with Gasteiger partial charge in [0.1, 0.15) is 30.0 Å². The molecule has 0 aliphatic carbocycles. The molecule has 0 aromatic heterocycles. The van der Waals surface area contributed by atoms with Crippen molar-refractivity contribution >= 4 is 14.3 Å². The van der Waals surface area contributed by atoms with Crippen LogP contribution in [0.25, 0.3) is 0 Å². The van der Waals surface area contributed by atoms with E-state index in [0.717, 1.165) is 11.1 Å². The van der Waals surface area contributed by atoms with E-state index in [2.05, 4.69) is 48.5 Å². The van der Waals surface area contributed by atoms with E-state index in [1.165, 1.54) is 6.92 Å². The van der Waals surface area contributed by atoms with E-state index in [9.17, 15) is 4.79 Å². The molecule has 2 aromatic rings. The van der Waals surface area contributed by atoms with Crippen molar-refractivity contribution in [3.8, 4) is 0 Å². The Kier molecular flexibility index (Phi) is 14.9. The summed E-state index contributed by atoms with van der Waals surface area (Å²) in [5.41, 5.74) is 0.685. The van der Waals surface area contributed by atoms with Crippen LogP contribution in [0.2, 0.25) is 16.6 Å². The summed E-state index contributed by atoms with van der Waals surface area (Å²) in [6.45, 7) is 26.1. The van der Waals surface area contributed by atoms with Gasteiger partial charge in [0.2, 0.25) is 8.32 Å². The molecule has 2 aromatic carbocycles. The topological polar surface area (TPSA) is 119 Å². The van der Waals surface area contributed by atoms with Gasteiger partial charge in [0.05, 0.1) is 51.8 Å². The summed E-state index contributed by atoms with van der Waals surface area (Å²) in [5.74, 6) is -1.50. The summed E-state index contributed by atoms with van der Waals surface area (Å²) >= 11 is 0. The fourth-order valence-electron chi connectivity index (χ4n) is 9.80. The maximum atomic E-state index is 12.8. The Balaban J connectivity index is 1.28. The molecule has 4 unspecified atom stereocenters. The van der Waals surface area contributed by atoms with Crippen molar-refractivity contribution in [3.63, 3.8) is 0 Å². The van der Waals surface area contributed by atoms with Crippen molar-refractivity contribution in [2.45, 2.75) is 179 Å². The van der Waals surface area contributed by atoms with Gasteiger partial charge in [-0.05, 0) is 55.4 Å². The van der Waals surface area contributed by atoms with Crippen LogP contribution in [0, 0.1) is 5.92 Å². The molecule has 0 spiro atoms. The van der Waals surface area contributed by atoms with Gasteiger partial charge in [0, 0.05) is 12.8 Å². The van der Waals surface area contributed by atoms with Gasteiger partial charge in [-0.25, -0.2) is 0 Å². The van der Waals surface area contributed by atoms with E-state index < -0.39 is 80.5 Å². The first-order valence-electron chi connectivity index (χ1n) is 21.6. The molecule has 0 amide bonds. The van der Waals surface area contributed by atoms with Crippen molar-refractivity contribution in [2.24, 2.45) is 5.92 Å². The molecule has 13 heteroatoms. The molecule has 4 aliphatic rings. The first kappa shape index (κ1) is 46.2. The number of hydrogen-bond donors (Lipinski definition) is 0. The standard InChI is InChI=1S/C46H70O12Si/c1-29(2)59(30(3)4,31(5)6)58-43-41-39(55-44(10,11)56-41)38(33(8)52-43)53-42-40(50-25-36-21-17-14-18-22-36)37(32(7)23-51-42)57-45(12)26-49-28-46(45,54-34(9)47)27-48-24-35-19-15-13-16-20-35/h13-22,29-33,37-43H,23-28H2,1-12H3/t32-,33?,37?,38+,39?,40-,41+,42+,43+,45?,46+/m1/s1. The number of carbonyl (C=O) groups excluding carboxylic acids is 1. The zero-order valence-electron chi connectivity index (χ0n) is 37.3. The van der Waals surface area contributed by atoms with E-state index in [0.29, 0.717) is 29.8 Å².